The first-order valence-electron chi connectivity index (χ1n) is 5.87. The van der Waals surface area contributed by atoms with Crippen molar-refractivity contribution >= 4 is 28.2 Å². The number of thiophene rings is 1. The highest BCUT2D eigenvalue weighted by Gasteiger charge is 2.28. The second-order valence-electron chi connectivity index (χ2n) is 4.16. The summed E-state index contributed by atoms with van der Waals surface area (Å²) in [6.45, 7) is 3.48. The van der Waals surface area contributed by atoms with Crippen molar-refractivity contribution in [2.75, 3.05) is 5.32 Å². The fourth-order valence-corrected chi connectivity index (χ4v) is 2.92. The molecule has 0 saturated carbocycles. The highest BCUT2D eigenvalue weighted by atomic mass is 32.1. The standard InChI is InChI=1S/C12H14F3NO3S/c1-3-7-6(2)20-10(9(7)11(18)19)16-8(17)4-5-12(13,14)15/h3-5H2,1-2H3,(H,16,17)(H,18,19). The first-order valence-corrected chi connectivity index (χ1v) is 6.69. The molecule has 0 fully saturated rings. The number of carbonyl (C=O) groups excluding carboxylic acids is 1. The minimum Gasteiger partial charge on any atom is -0.478 e. The van der Waals surface area contributed by atoms with Crippen molar-refractivity contribution in [3.8, 4) is 0 Å². The molecule has 4 nitrogen and oxygen atoms in total. The molecule has 112 valence electrons. The second kappa shape index (κ2) is 6.25. The quantitative estimate of drug-likeness (QED) is 0.873. The maximum atomic E-state index is 12.0. The smallest absolute Gasteiger partial charge is 0.389 e. The zero-order chi connectivity index (χ0) is 15.5. The van der Waals surface area contributed by atoms with Gasteiger partial charge in [-0.2, -0.15) is 13.2 Å². The van der Waals surface area contributed by atoms with Gasteiger partial charge in [0, 0.05) is 11.3 Å². The third-order valence-electron chi connectivity index (χ3n) is 2.66. The molecule has 2 N–H and O–H groups in total. The van der Waals surface area contributed by atoms with Crippen molar-refractivity contribution in [3.63, 3.8) is 0 Å². The molecular formula is C12H14F3NO3S. The van der Waals surface area contributed by atoms with Gasteiger partial charge in [0.05, 0.1) is 12.0 Å². The Morgan fingerprint density at radius 2 is 1.95 bits per heavy atom. The summed E-state index contributed by atoms with van der Waals surface area (Å²) in [6, 6.07) is 0. The first-order chi connectivity index (χ1) is 9.15. The van der Waals surface area contributed by atoms with E-state index in [1.807, 2.05) is 0 Å². The van der Waals surface area contributed by atoms with E-state index in [-0.39, 0.29) is 10.6 Å². The first kappa shape index (κ1) is 16.5. The Labute approximate surface area is 117 Å². The van der Waals surface area contributed by atoms with E-state index in [9.17, 15) is 22.8 Å². The van der Waals surface area contributed by atoms with Gasteiger partial charge >= 0.3 is 12.1 Å². The highest BCUT2D eigenvalue weighted by Crippen LogP contribution is 2.33. The third-order valence-corrected chi connectivity index (χ3v) is 3.73. The summed E-state index contributed by atoms with van der Waals surface area (Å²) in [6.07, 6.45) is -5.89. The lowest BCUT2D eigenvalue weighted by Crippen LogP contribution is -2.17. The topological polar surface area (TPSA) is 66.4 Å². The number of carboxylic acid groups (broad SMARTS) is 1. The molecule has 1 amide bonds. The number of carbonyl (C=O) groups is 2. The number of aryl methyl sites for hydroxylation is 1. The molecule has 0 atom stereocenters. The SMILES string of the molecule is CCc1c(C)sc(NC(=O)CCC(F)(F)F)c1C(=O)O. The fraction of sp³-hybridized carbons (Fsp3) is 0.500. The lowest BCUT2D eigenvalue weighted by atomic mass is 10.1. The molecule has 0 aliphatic heterocycles. The number of alkyl halides is 3. The Hall–Kier alpha value is -1.57. The molecule has 0 unspecified atom stereocenters. The molecule has 0 aliphatic rings. The van der Waals surface area contributed by atoms with Crippen LogP contribution in [0.25, 0.3) is 0 Å². The summed E-state index contributed by atoms with van der Waals surface area (Å²) < 4.78 is 36.0. The summed E-state index contributed by atoms with van der Waals surface area (Å²) in [5, 5.41) is 11.5. The third kappa shape index (κ3) is 4.22. The van der Waals surface area contributed by atoms with E-state index in [1.54, 1.807) is 13.8 Å². The Morgan fingerprint density at radius 1 is 1.35 bits per heavy atom. The molecule has 0 bridgehead atoms. The molecule has 1 rings (SSSR count). The molecule has 0 spiro atoms. The van der Waals surface area contributed by atoms with Crippen LogP contribution in [-0.2, 0) is 11.2 Å². The van der Waals surface area contributed by atoms with Crippen LogP contribution in [0.15, 0.2) is 0 Å². The second-order valence-corrected chi connectivity index (χ2v) is 5.39. The molecule has 1 aromatic heterocycles. The maximum absolute atomic E-state index is 12.0. The van der Waals surface area contributed by atoms with Crippen LogP contribution in [0.3, 0.4) is 0 Å². The number of rotatable bonds is 5. The molecule has 0 aliphatic carbocycles. The van der Waals surface area contributed by atoms with Crippen molar-refractivity contribution in [2.24, 2.45) is 0 Å². The largest absolute Gasteiger partial charge is 0.478 e. The van der Waals surface area contributed by atoms with Crippen LogP contribution in [0, 0.1) is 6.92 Å². The Balaban J connectivity index is 2.87. The van der Waals surface area contributed by atoms with Gasteiger partial charge < -0.3 is 10.4 Å². The van der Waals surface area contributed by atoms with Gasteiger partial charge in [0.2, 0.25) is 5.91 Å². The van der Waals surface area contributed by atoms with Gasteiger partial charge in [-0.05, 0) is 18.9 Å². The lowest BCUT2D eigenvalue weighted by molar-refractivity contribution is -0.142. The number of halogens is 3. The number of amides is 1. The van der Waals surface area contributed by atoms with Crippen molar-refractivity contribution in [3.05, 3.63) is 16.0 Å². The van der Waals surface area contributed by atoms with Crippen molar-refractivity contribution < 1.29 is 27.9 Å². The average Bonchev–Trinajstić information content (AvgIpc) is 2.61. The molecule has 1 aromatic rings. The van der Waals surface area contributed by atoms with E-state index in [0.717, 1.165) is 16.2 Å². The van der Waals surface area contributed by atoms with Crippen LogP contribution < -0.4 is 5.32 Å². The zero-order valence-corrected chi connectivity index (χ0v) is 11.7. The predicted molar refractivity (Wildman–Crippen MR) is 69.3 cm³/mol. The Morgan fingerprint density at radius 3 is 2.40 bits per heavy atom. The van der Waals surface area contributed by atoms with Crippen molar-refractivity contribution in [1.82, 2.24) is 0 Å². The zero-order valence-electron chi connectivity index (χ0n) is 10.9. The molecule has 20 heavy (non-hydrogen) atoms. The number of anilines is 1. The maximum Gasteiger partial charge on any atom is 0.389 e. The molecule has 0 saturated heterocycles. The van der Waals surface area contributed by atoms with Gasteiger partial charge in [0.25, 0.3) is 0 Å². The lowest BCUT2D eigenvalue weighted by Gasteiger charge is -2.07. The number of hydrogen-bond donors (Lipinski definition) is 2. The van der Waals surface area contributed by atoms with Crippen molar-refractivity contribution in [1.29, 1.82) is 0 Å². The van der Waals surface area contributed by atoms with E-state index in [4.69, 9.17) is 5.11 Å². The van der Waals surface area contributed by atoms with Gasteiger partial charge in [-0.3, -0.25) is 4.79 Å². The van der Waals surface area contributed by atoms with Crippen LogP contribution in [0.2, 0.25) is 0 Å². The van der Waals surface area contributed by atoms with E-state index < -0.39 is 30.9 Å². The molecule has 0 radical (unpaired) electrons. The number of nitrogens with one attached hydrogen (secondary N) is 1. The number of hydrogen-bond acceptors (Lipinski definition) is 3. The van der Waals surface area contributed by atoms with Crippen molar-refractivity contribution in [2.45, 2.75) is 39.3 Å². The van der Waals surface area contributed by atoms with Gasteiger partial charge in [-0.15, -0.1) is 11.3 Å². The minimum atomic E-state index is -4.41. The van der Waals surface area contributed by atoms with E-state index >= 15 is 0 Å². The van der Waals surface area contributed by atoms with E-state index in [0.29, 0.717) is 12.0 Å². The fourth-order valence-electron chi connectivity index (χ4n) is 1.76. The minimum absolute atomic E-state index is 0.0321. The van der Waals surface area contributed by atoms with E-state index in [2.05, 4.69) is 5.32 Å². The summed E-state index contributed by atoms with van der Waals surface area (Å²) in [5.41, 5.74) is 0.559. The van der Waals surface area contributed by atoms with Crippen LogP contribution in [-0.4, -0.2) is 23.2 Å². The van der Waals surface area contributed by atoms with Crippen LogP contribution >= 0.6 is 11.3 Å². The molecule has 0 aromatic carbocycles. The Kier molecular flexibility index (Phi) is 5.15. The highest BCUT2D eigenvalue weighted by molar-refractivity contribution is 7.16. The number of carboxylic acids is 1. The van der Waals surface area contributed by atoms with Crippen LogP contribution in [0.5, 0.6) is 0 Å². The molecule has 1 heterocycles. The number of aromatic carboxylic acids is 1. The summed E-state index contributed by atoms with van der Waals surface area (Å²) >= 11 is 1.06. The van der Waals surface area contributed by atoms with Gasteiger partial charge in [-0.25, -0.2) is 4.79 Å². The summed E-state index contributed by atoms with van der Waals surface area (Å²) in [5.74, 6) is -2.04. The average molecular weight is 309 g/mol. The monoisotopic (exact) mass is 309 g/mol. The normalized spacial score (nSPS) is 11.4. The molecular weight excluding hydrogens is 295 g/mol. The van der Waals surface area contributed by atoms with E-state index in [1.165, 1.54) is 0 Å². The van der Waals surface area contributed by atoms with Crippen LogP contribution in [0.1, 0.15) is 40.6 Å². The predicted octanol–water partition coefficient (Wildman–Crippen LogP) is 3.60. The molecule has 8 heteroatoms. The van der Waals surface area contributed by atoms with Gasteiger partial charge in [-0.1, -0.05) is 6.92 Å². The van der Waals surface area contributed by atoms with Gasteiger partial charge in [0.1, 0.15) is 5.00 Å². The Bertz CT molecular complexity index is 523. The summed E-state index contributed by atoms with van der Waals surface area (Å²) in [7, 11) is 0. The summed E-state index contributed by atoms with van der Waals surface area (Å²) in [4.78, 5) is 23.4. The van der Waals surface area contributed by atoms with Crippen LogP contribution in [0.4, 0.5) is 18.2 Å². The van der Waals surface area contributed by atoms with Gasteiger partial charge in [0.15, 0.2) is 0 Å².